The van der Waals surface area contributed by atoms with E-state index < -0.39 is 0 Å². The molecular formula is C17H26N2O. The van der Waals surface area contributed by atoms with Gasteiger partial charge in [0.05, 0.1) is 0 Å². The van der Waals surface area contributed by atoms with E-state index in [4.69, 9.17) is 0 Å². The first-order chi connectivity index (χ1) is 9.62. The van der Waals surface area contributed by atoms with Gasteiger partial charge in [0.15, 0.2) is 0 Å². The minimum Gasteiger partial charge on any atom is -0.382 e. The highest BCUT2D eigenvalue weighted by Crippen LogP contribution is 2.27. The molecule has 0 spiro atoms. The molecule has 1 aliphatic rings. The summed E-state index contributed by atoms with van der Waals surface area (Å²) in [5.41, 5.74) is 3.39. The van der Waals surface area contributed by atoms with Crippen LogP contribution >= 0.6 is 0 Å². The number of fused-ring (bicyclic) bond motifs is 1. The average molecular weight is 274 g/mol. The lowest BCUT2D eigenvalue weighted by Crippen LogP contribution is -2.22. The number of anilines is 2. The molecule has 2 rings (SSSR count). The molecule has 1 heterocycles. The van der Waals surface area contributed by atoms with Gasteiger partial charge in [0.1, 0.15) is 0 Å². The number of carbonyl (C=O) groups is 1. The minimum absolute atomic E-state index is 0.126. The number of rotatable bonds is 6. The summed E-state index contributed by atoms with van der Waals surface area (Å²) in [6.45, 7) is 6.80. The molecule has 1 aromatic rings. The van der Waals surface area contributed by atoms with Crippen LogP contribution in [0.3, 0.4) is 0 Å². The van der Waals surface area contributed by atoms with Gasteiger partial charge in [0.2, 0.25) is 5.91 Å². The molecule has 0 fully saturated rings. The van der Waals surface area contributed by atoms with Crippen molar-refractivity contribution in [2.75, 3.05) is 10.6 Å². The molecule has 1 amide bonds. The molecule has 0 saturated heterocycles. The van der Waals surface area contributed by atoms with Gasteiger partial charge in [-0.15, -0.1) is 0 Å². The van der Waals surface area contributed by atoms with Crippen molar-refractivity contribution in [3.8, 4) is 0 Å². The Morgan fingerprint density at radius 1 is 1.25 bits per heavy atom. The van der Waals surface area contributed by atoms with Crippen LogP contribution in [-0.4, -0.2) is 11.9 Å². The Labute approximate surface area is 122 Å². The summed E-state index contributed by atoms with van der Waals surface area (Å²) in [5, 5.41) is 6.57. The maximum Gasteiger partial charge on any atom is 0.224 e. The lowest BCUT2D eigenvalue weighted by atomic mass is 9.97. The normalized spacial score (nSPS) is 17.1. The zero-order valence-corrected chi connectivity index (χ0v) is 12.8. The number of aryl methyl sites for hydroxylation is 1. The highest BCUT2D eigenvalue weighted by Gasteiger charge is 2.16. The number of amides is 1. The van der Waals surface area contributed by atoms with Crippen LogP contribution in [-0.2, 0) is 11.2 Å². The SMILES string of the molecule is CCC(C)CC(CC)Nc1ccc2c(c1)CCC(=O)N2. The van der Waals surface area contributed by atoms with Gasteiger partial charge in [-0.3, -0.25) is 4.79 Å². The summed E-state index contributed by atoms with van der Waals surface area (Å²) < 4.78 is 0. The third-order valence-electron chi connectivity index (χ3n) is 4.25. The largest absolute Gasteiger partial charge is 0.382 e. The van der Waals surface area contributed by atoms with Crippen molar-refractivity contribution < 1.29 is 4.79 Å². The Kier molecular flexibility index (Phi) is 5.05. The molecule has 2 N–H and O–H groups in total. The van der Waals surface area contributed by atoms with Crippen molar-refractivity contribution >= 4 is 17.3 Å². The van der Waals surface area contributed by atoms with Gasteiger partial charge in [0.25, 0.3) is 0 Å². The molecule has 3 heteroatoms. The predicted molar refractivity (Wildman–Crippen MR) is 85.2 cm³/mol. The second-order valence-corrected chi connectivity index (χ2v) is 5.92. The highest BCUT2D eigenvalue weighted by molar-refractivity contribution is 5.94. The smallest absolute Gasteiger partial charge is 0.224 e. The molecule has 0 bridgehead atoms. The first kappa shape index (κ1) is 14.9. The number of nitrogens with one attached hydrogen (secondary N) is 2. The Morgan fingerprint density at radius 3 is 2.75 bits per heavy atom. The van der Waals surface area contributed by atoms with E-state index in [0.717, 1.165) is 24.4 Å². The van der Waals surface area contributed by atoms with Crippen molar-refractivity contribution in [3.63, 3.8) is 0 Å². The van der Waals surface area contributed by atoms with E-state index >= 15 is 0 Å². The van der Waals surface area contributed by atoms with Crippen LogP contribution in [0.15, 0.2) is 18.2 Å². The molecule has 110 valence electrons. The molecule has 3 nitrogen and oxygen atoms in total. The van der Waals surface area contributed by atoms with Crippen LogP contribution in [0.4, 0.5) is 11.4 Å². The van der Waals surface area contributed by atoms with Crippen LogP contribution in [0.25, 0.3) is 0 Å². The van der Waals surface area contributed by atoms with Gasteiger partial charge >= 0.3 is 0 Å². The second-order valence-electron chi connectivity index (χ2n) is 5.92. The van der Waals surface area contributed by atoms with E-state index in [1.807, 2.05) is 6.07 Å². The minimum atomic E-state index is 0.126. The zero-order valence-electron chi connectivity index (χ0n) is 12.8. The van der Waals surface area contributed by atoms with E-state index in [0.29, 0.717) is 12.5 Å². The lowest BCUT2D eigenvalue weighted by Gasteiger charge is -2.23. The molecule has 2 atom stereocenters. The molecule has 2 unspecified atom stereocenters. The first-order valence-corrected chi connectivity index (χ1v) is 7.81. The van der Waals surface area contributed by atoms with Crippen molar-refractivity contribution in [1.82, 2.24) is 0 Å². The average Bonchev–Trinajstić information content (AvgIpc) is 2.46. The van der Waals surface area contributed by atoms with E-state index in [1.165, 1.54) is 24.1 Å². The zero-order chi connectivity index (χ0) is 14.5. The van der Waals surface area contributed by atoms with Crippen molar-refractivity contribution in [3.05, 3.63) is 23.8 Å². The number of hydrogen-bond donors (Lipinski definition) is 2. The van der Waals surface area contributed by atoms with E-state index in [1.54, 1.807) is 0 Å². The molecule has 1 aliphatic heterocycles. The quantitative estimate of drug-likeness (QED) is 0.816. The van der Waals surface area contributed by atoms with E-state index in [9.17, 15) is 4.79 Å². The topological polar surface area (TPSA) is 41.1 Å². The van der Waals surface area contributed by atoms with E-state index in [2.05, 4.69) is 43.5 Å². The molecule has 0 aromatic heterocycles. The second kappa shape index (κ2) is 6.78. The van der Waals surface area contributed by atoms with Gasteiger partial charge in [-0.05, 0) is 48.9 Å². The maximum atomic E-state index is 11.4. The van der Waals surface area contributed by atoms with Crippen molar-refractivity contribution in [2.24, 2.45) is 5.92 Å². The Bertz CT molecular complexity index is 470. The summed E-state index contributed by atoms with van der Waals surface area (Å²) >= 11 is 0. The molecule has 1 aromatic carbocycles. The van der Waals surface area contributed by atoms with Crippen LogP contribution in [0.1, 0.15) is 52.0 Å². The molecular weight excluding hydrogens is 248 g/mol. The Balaban J connectivity index is 2.04. The van der Waals surface area contributed by atoms with Crippen LogP contribution in [0, 0.1) is 5.92 Å². The molecule has 0 aliphatic carbocycles. The number of benzene rings is 1. The Hall–Kier alpha value is -1.51. The van der Waals surface area contributed by atoms with Gasteiger partial charge in [0, 0.05) is 23.8 Å². The fourth-order valence-electron chi connectivity index (χ4n) is 2.69. The highest BCUT2D eigenvalue weighted by atomic mass is 16.1. The standard InChI is InChI=1S/C17H26N2O/c1-4-12(3)10-14(5-2)18-15-7-8-16-13(11-15)6-9-17(20)19-16/h7-8,11-12,14,18H,4-6,9-10H2,1-3H3,(H,19,20). The summed E-state index contributed by atoms with van der Waals surface area (Å²) in [6, 6.07) is 6.81. The molecule has 20 heavy (non-hydrogen) atoms. The van der Waals surface area contributed by atoms with Crippen LogP contribution < -0.4 is 10.6 Å². The van der Waals surface area contributed by atoms with Crippen molar-refractivity contribution in [1.29, 1.82) is 0 Å². The third-order valence-corrected chi connectivity index (χ3v) is 4.25. The number of hydrogen-bond acceptors (Lipinski definition) is 2. The van der Waals surface area contributed by atoms with Gasteiger partial charge < -0.3 is 10.6 Å². The maximum absolute atomic E-state index is 11.4. The fraction of sp³-hybridized carbons (Fsp3) is 0.588. The van der Waals surface area contributed by atoms with Gasteiger partial charge in [-0.25, -0.2) is 0 Å². The van der Waals surface area contributed by atoms with Crippen LogP contribution in [0.2, 0.25) is 0 Å². The van der Waals surface area contributed by atoms with Crippen LogP contribution in [0.5, 0.6) is 0 Å². The summed E-state index contributed by atoms with van der Waals surface area (Å²) in [6.07, 6.45) is 5.02. The summed E-state index contributed by atoms with van der Waals surface area (Å²) in [4.78, 5) is 11.4. The first-order valence-electron chi connectivity index (χ1n) is 7.81. The number of carbonyl (C=O) groups excluding carboxylic acids is 1. The fourth-order valence-corrected chi connectivity index (χ4v) is 2.69. The predicted octanol–water partition coefficient (Wildman–Crippen LogP) is 4.20. The van der Waals surface area contributed by atoms with Gasteiger partial charge in [-0.1, -0.05) is 27.2 Å². The van der Waals surface area contributed by atoms with E-state index in [-0.39, 0.29) is 5.91 Å². The molecule has 0 radical (unpaired) electrons. The monoisotopic (exact) mass is 274 g/mol. The lowest BCUT2D eigenvalue weighted by molar-refractivity contribution is -0.116. The Morgan fingerprint density at radius 2 is 2.05 bits per heavy atom. The summed E-state index contributed by atoms with van der Waals surface area (Å²) in [7, 11) is 0. The third kappa shape index (κ3) is 3.75. The summed E-state index contributed by atoms with van der Waals surface area (Å²) in [5.74, 6) is 0.880. The molecule has 0 saturated carbocycles. The van der Waals surface area contributed by atoms with Crippen molar-refractivity contribution in [2.45, 2.75) is 58.9 Å². The van der Waals surface area contributed by atoms with Gasteiger partial charge in [-0.2, -0.15) is 0 Å².